The van der Waals surface area contributed by atoms with Crippen molar-refractivity contribution in [2.75, 3.05) is 0 Å². The monoisotopic (exact) mass is 333 g/mol. The van der Waals surface area contributed by atoms with Crippen LogP contribution < -0.4 is 0 Å². The van der Waals surface area contributed by atoms with Gasteiger partial charge in [0.1, 0.15) is 0 Å². The zero-order chi connectivity index (χ0) is 11.9. The summed E-state index contributed by atoms with van der Waals surface area (Å²) in [5.74, 6) is -2.98. The molecule has 1 radical (unpaired) electrons. The number of hydrogen-bond donors (Lipinski definition) is 2. The third-order valence-corrected chi connectivity index (χ3v) is 3.95. The van der Waals surface area contributed by atoms with Gasteiger partial charge < -0.3 is 4.52 Å². The molecule has 0 fully saturated rings. The molecular formula is C10H23CuO2PS2. The quantitative estimate of drug-likeness (QED) is 0.279. The first-order valence-electron chi connectivity index (χ1n) is 5.65. The summed E-state index contributed by atoms with van der Waals surface area (Å²) in [5.41, 5.74) is -0.297. The molecule has 0 N–H and O–H groups in total. The van der Waals surface area contributed by atoms with Crippen molar-refractivity contribution >= 4 is 30.3 Å². The van der Waals surface area contributed by atoms with Crippen LogP contribution in [0.4, 0.5) is 0 Å². The summed E-state index contributed by atoms with van der Waals surface area (Å²) in [6.07, 6.45) is 6.15. The molecule has 16 heavy (non-hydrogen) atoms. The Labute approximate surface area is 121 Å². The van der Waals surface area contributed by atoms with Crippen molar-refractivity contribution in [3.8, 4) is 0 Å². The molecule has 0 amide bonds. The predicted molar refractivity (Wildman–Crippen MR) is 74.1 cm³/mol. The average Bonchev–Trinajstić information content (AvgIpc) is 2.15. The van der Waals surface area contributed by atoms with Crippen molar-refractivity contribution in [3.63, 3.8) is 0 Å². The second-order valence-corrected chi connectivity index (χ2v) is 9.20. The molecule has 0 bridgehead atoms. The molecule has 0 atom stereocenters. The van der Waals surface area contributed by atoms with E-state index in [1.807, 2.05) is 0 Å². The Morgan fingerprint density at radius 2 is 1.62 bits per heavy atom. The number of hydrogen-bond acceptors (Lipinski definition) is 2. The van der Waals surface area contributed by atoms with Crippen LogP contribution in [-0.2, 0) is 26.2 Å². The summed E-state index contributed by atoms with van der Waals surface area (Å²) in [6, 6.07) is 0. The predicted octanol–water partition coefficient (Wildman–Crippen LogP) is 5.11. The van der Waals surface area contributed by atoms with Crippen LogP contribution in [0.1, 0.15) is 59.3 Å². The first-order chi connectivity index (χ1) is 6.89. The Bertz CT molecular complexity index is 217. The van der Waals surface area contributed by atoms with Gasteiger partial charge in [-0.3, -0.25) is 4.57 Å². The van der Waals surface area contributed by atoms with Crippen LogP contribution in [0.25, 0.3) is 0 Å². The van der Waals surface area contributed by atoms with Crippen LogP contribution in [0, 0.1) is 0 Å². The van der Waals surface area contributed by atoms with Gasteiger partial charge in [-0.1, -0.05) is 64.5 Å². The SMILES string of the molecule is CCCCCC(CC)(CC)OP(=O)(S)S.[Cu]. The molecule has 0 aromatic rings. The summed E-state index contributed by atoms with van der Waals surface area (Å²) in [4.78, 5) is 0. The van der Waals surface area contributed by atoms with Gasteiger partial charge in [0.05, 0.1) is 5.60 Å². The molecule has 0 spiro atoms. The normalized spacial score (nSPS) is 12.3. The van der Waals surface area contributed by atoms with Crippen LogP contribution >= 0.6 is 30.3 Å². The molecule has 0 saturated heterocycles. The summed E-state index contributed by atoms with van der Waals surface area (Å²) in [5, 5.41) is 0. The largest absolute Gasteiger partial charge is 0.307 e. The van der Waals surface area contributed by atoms with E-state index in [-0.39, 0.29) is 22.7 Å². The summed E-state index contributed by atoms with van der Waals surface area (Å²) < 4.78 is 17.0. The molecule has 0 aliphatic rings. The molecule has 0 aliphatic carbocycles. The van der Waals surface area contributed by atoms with Gasteiger partial charge in [-0.15, -0.1) is 0 Å². The Balaban J connectivity index is 0. The van der Waals surface area contributed by atoms with Crippen molar-refractivity contribution in [1.82, 2.24) is 0 Å². The maximum absolute atomic E-state index is 11.5. The minimum absolute atomic E-state index is 0. The van der Waals surface area contributed by atoms with E-state index in [0.717, 1.165) is 25.7 Å². The molecule has 6 heteroatoms. The number of thiol groups is 2. The molecule has 0 heterocycles. The molecule has 2 nitrogen and oxygen atoms in total. The van der Waals surface area contributed by atoms with E-state index in [9.17, 15) is 4.57 Å². The van der Waals surface area contributed by atoms with E-state index in [0.29, 0.717) is 0 Å². The fraction of sp³-hybridized carbons (Fsp3) is 1.00. The van der Waals surface area contributed by atoms with Crippen molar-refractivity contribution in [1.29, 1.82) is 0 Å². The molecule has 0 saturated carbocycles. The van der Waals surface area contributed by atoms with Gasteiger partial charge >= 0.3 is 5.77 Å². The Hall–Kier alpha value is 1.41. The standard InChI is InChI=1S/C10H23O2PS2.Cu/c1-4-7-8-9-10(5-2,6-3)12-13(11,14)15;/h4-9H2,1-3H3,(H2,11,14,15);. The Kier molecular flexibility index (Phi) is 11.5. The van der Waals surface area contributed by atoms with Crippen LogP contribution in [0.5, 0.6) is 0 Å². The van der Waals surface area contributed by atoms with Gasteiger partial charge in [0.25, 0.3) is 0 Å². The van der Waals surface area contributed by atoms with Crippen molar-refractivity contribution < 1.29 is 26.2 Å². The third-order valence-electron chi connectivity index (χ3n) is 2.84. The van der Waals surface area contributed by atoms with E-state index in [1.165, 1.54) is 12.8 Å². The molecule has 0 rings (SSSR count). The van der Waals surface area contributed by atoms with Gasteiger partial charge in [0.15, 0.2) is 0 Å². The maximum atomic E-state index is 11.5. The Morgan fingerprint density at radius 1 is 1.12 bits per heavy atom. The fourth-order valence-corrected chi connectivity index (χ4v) is 3.62. The molecule has 0 aliphatic heterocycles. The van der Waals surface area contributed by atoms with Crippen LogP contribution in [0.3, 0.4) is 0 Å². The summed E-state index contributed by atoms with van der Waals surface area (Å²) >= 11 is 7.80. The summed E-state index contributed by atoms with van der Waals surface area (Å²) in [6.45, 7) is 6.29. The van der Waals surface area contributed by atoms with Crippen LogP contribution in [-0.4, -0.2) is 5.60 Å². The first kappa shape index (κ1) is 19.7. The molecule has 0 aromatic carbocycles. The molecule has 0 aromatic heterocycles. The minimum atomic E-state index is -2.98. The van der Waals surface area contributed by atoms with Gasteiger partial charge in [0.2, 0.25) is 0 Å². The average molecular weight is 334 g/mol. The zero-order valence-corrected chi connectivity index (χ0v) is 13.8. The second-order valence-electron chi connectivity index (χ2n) is 3.93. The van der Waals surface area contributed by atoms with Gasteiger partial charge in [0, 0.05) is 17.1 Å². The summed E-state index contributed by atoms with van der Waals surface area (Å²) in [7, 11) is 0. The van der Waals surface area contributed by atoms with Gasteiger partial charge in [-0.05, 0) is 19.3 Å². The van der Waals surface area contributed by atoms with E-state index >= 15 is 0 Å². The van der Waals surface area contributed by atoms with Gasteiger partial charge in [-0.25, -0.2) is 0 Å². The van der Waals surface area contributed by atoms with E-state index in [2.05, 4.69) is 45.3 Å². The van der Waals surface area contributed by atoms with E-state index in [1.54, 1.807) is 0 Å². The Morgan fingerprint density at radius 3 is 1.94 bits per heavy atom. The zero-order valence-electron chi connectivity index (χ0n) is 10.2. The van der Waals surface area contributed by atoms with E-state index < -0.39 is 5.77 Å². The molecule has 103 valence electrons. The molecule has 0 unspecified atom stereocenters. The van der Waals surface area contributed by atoms with Crippen LogP contribution in [0.15, 0.2) is 0 Å². The van der Waals surface area contributed by atoms with Crippen molar-refractivity contribution in [3.05, 3.63) is 0 Å². The minimum Gasteiger partial charge on any atom is -0.307 e. The number of rotatable bonds is 8. The van der Waals surface area contributed by atoms with Crippen molar-refractivity contribution in [2.24, 2.45) is 0 Å². The second kappa shape index (κ2) is 9.35. The first-order valence-corrected chi connectivity index (χ1v) is 9.58. The van der Waals surface area contributed by atoms with E-state index in [4.69, 9.17) is 4.52 Å². The molecular weight excluding hydrogens is 311 g/mol. The third kappa shape index (κ3) is 8.49. The fourth-order valence-electron chi connectivity index (χ4n) is 1.73. The maximum Gasteiger partial charge on any atom is 0.307 e. The number of unbranched alkanes of at least 4 members (excludes halogenated alkanes) is 2. The topological polar surface area (TPSA) is 26.3 Å². The van der Waals surface area contributed by atoms with Gasteiger partial charge in [-0.2, -0.15) is 0 Å². The van der Waals surface area contributed by atoms with Crippen molar-refractivity contribution in [2.45, 2.75) is 64.9 Å². The smallest absolute Gasteiger partial charge is 0.307 e. The van der Waals surface area contributed by atoms with Crippen LogP contribution in [0.2, 0.25) is 0 Å².